The van der Waals surface area contributed by atoms with Crippen LogP contribution in [0.4, 0.5) is 11.4 Å². The van der Waals surface area contributed by atoms with Crippen LogP contribution in [0.25, 0.3) is 10.8 Å². The first-order chi connectivity index (χ1) is 13.9. The Morgan fingerprint density at radius 1 is 1.07 bits per heavy atom. The normalized spacial score (nSPS) is 15.4. The second-order valence-electron chi connectivity index (χ2n) is 6.75. The van der Waals surface area contributed by atoms with E-state index in [2.05, 4.69) is 5.32 Å². The number of halogens is 1. The van der Waals surface area contributed by atoms with Crippen LogP contribution in [0, 0.1) is 0 Å². The van der Waals surface area contributed by atoms with Crippen LogP contribution in [0.2, 0.25) is 5.02 Å². The topological polar surface area (TPSA) is 75.7 Å². The number of rotatable bonds is 5. The average Bonchev–Trinajstić information content (AvgIpc) is 3.07. The predicted molar refractivity (Wildman–Crippen MR) is 115 cm³/mol. The van der Waals surface area contributed by atoms with E-state index in [0.717, 1.165) is 10.8 Å². The number of amides is 1. The zero-order valence-electron chi connectivity index (χ0n) is 15.5. The molecule has 1 N–H and O–H groups in total. The van der Waals surface area contributed by atoms with E-state index >= 15 is 0 Å². The Kier molecular flexibility index (Phi) is 5.34. The van der Waals surface area contributed by atoms with Gasteiger partial charge in [-0.3, -0.25) is 9.10 Å². The molecule has 29 heavy (non-hydrogen) atoms. The number of carbonyl (C=O) groups is 1. The van der Waals surface area contributed by atoms with Crippen molar-refractivity contribution in [3.8, 4) is 5.75 Å². The van der Waals surface area contributed by atoms with Gasteiger partial charge in [0.15, 0.2) is 6.61 Å². The van der Waals surface area contributed by atoms with Crippen LogP contribution in [-0.2, 0) is 14.8 Å². The number of fused-ring (bicyclic) bond motifs is 1. The molecule has 150 valence electrons. The second-order valence-corrected chi connectivity index (χ2v) is 9.17. The number of carbonyl (C=O) groups excluding carboxylic acids is 1. The highest BCUT2D eigenvalue weighted by atomic mass is 35.5. The van der Waals surface area contributed by atoms with E-state index in [1.54, 1.807) is 18.2 Å². The van der Waals surface area contributed by atoms with E-state index in [1.165, 1.54) is 4.31 Å². The number of benzene rings is 3. The Morgan fingerprint density at radius 2 is 1.86 bits per heavy atom. The van der Waals surface area contributed by atoms with Crippen molar-refractivity contribution in [3.63, 3.8) is 0 Å². The van der Waals surface area contributed by atoms with Gasteiger partial charge in [0, 0.05) is 6.54 Å². The molecule has 0 saturated carbocycles. The third-order valence-electron chi connectivity index (χ3n) is 4.70. The largest absolute Gasteiger partial charge is 0.484 e. The van der Waals surface area contributed by atoms with Crippen molar-refractivity contribution in [2.45, 2.75) is 6.42 Å². The van der Waals surface area contributed by atoms with E-state index in [9.17, 15) is 13.2 Å². The standard InChI is InChI=1S/C21H19ClN2O4S/c22-19-13-17(24-10-3-11-29(24,26)27)7-9-20(19)23-21(25)14-28-18-8-6-15-4-1-2-5-16(15)12-18/h1-2,4-9,12-13H,3,10-11,14H2,(H,23,25). The van der Waals surface area contributed by atoms with E-state index < -0.39 is 10.0 Å². The molecule has 3 aromatic carbocycles. The number of hydrogen-bond acceptors (Lipinski definition) is 4. The maximum Gasteiger partial charge on any atom is 0.262 e. The van der Waals surface area contributed by atoms with Crippen molar-refractivity contribution in [3.05, 3.63) is 65.7 Å². The predicted octanol–water partition coefficient (Wildman–Crippen LogP) is 4.05. The molecule has 0 unspecified atom stereocenters. The third kappa shape index (κ3) is 4.31. The minimum absolute atomic E-state index is 0.134. The first-order valence-electron chi connectivity index (χ1n) is 9.14. The lowest BCUT2D eigenvalue weighted by atomic mass is 10.1. The van der Waals surface area contributed by atoms with E-state index in [0.29, 0.717) is 30.1 Å². The van der Waals surface area contributed by atoms with Crippen molar-refractivity contribution in [1.29, 1.82) is 0 Å². The summed E-state index contributed by atoms with van der Waals surface area (Å²) in [5.74, 6) is 0.371. The fraction of sp³-hybridized carbons (Fsp3) is 0.190. The third-order valence-corrected chi connectivity index (χ3v) is 6.89. The van der Waals surface area contributed by atoms with Gasteiger partial charge < -0.3 is 10.1 Å². The van der Waals surface area contributed by atoms with Crippen molar-refractivity contribution < 1.29 is 17.9 Å². The Hall–Kier alpha value is -2.77. The highest BCUT2D eigenvalue weighted by molar-refractivity contribution is 7.93. The number of hydrogen-bond donors (Lipinski definition) is 1. The maximum atomic E-state index is 12.2. The second kappa shape index (κ2) is 7.93. The quantitative estimate of drug-likeness (QED) is 0.662. The van der Waals surface area contributed by atoms with Gasteiger partial charge in [0.2, 0.25) is 10.0 Å². The van der Waals surface area contributed by atoms with Gasteiger partial charge in [-0.25, -0.2) is 8.42 Å². The van der Waals surface area contributed by atoms with Crippen LogP contribution in [0.5, 0.6) is 5.75 Å². The molecule has 0 aromatic heterocycles. The molecule has 0 bridgehead atoms. The molecule has 1 aliphatic heterocycles. The summed E-state index contributed by atoms with van der Waals surface area (Å²) >= 11 is 6.25. The smallest absolute Gasteiger partial charge is 0.262 e. The molecular weight excluding hydrogens is 412 g/mol. The molecule has 1 heterocycles. The summed E-state index contributed by atoms with van der Waals surface area (Å²) in [6, 6.07) is 18.3. The number of nitrogens with one attached hydrogen (secondary N) is 1. The first-order valence-corrected chi connectivity index (χ1v) is 11.1. The van der Waals surface area contributed by atoms with E-state index in [1.807, 2.05) is 42.5 Å². The number of nitrogens with zero attached hydrogens (tertiary/aromatic N) is 1. The molecule has 3 aromatic rings. The van der Waals surface area contributed by atoms with Crippen LogP contribution in [0.3, 0.4) is 0 Å². The zero-order valence-corrected chi connectivity index (χ0v) is 17.0. The molecule has 0 radical (unpaired) electrons. The van der Waals surface area contributed by atoms with Crippen LogP contribution >= 0.6 is 11.6 Å². The summed E-state index contributed by atoms with van der Waals surface area (Å²) in [6.07, 6.45) is 0.588. The molecule has 0 spiro atoms. The van der Waals surface area contributed by atoms with Crippen molar-refractivity contribution in [1.82, 2.24) is 0 Å². The molecule has 0 atom stereocenters. The molecule has 6 nitrogen and oxygen atoms in total. The fourth-order valence-electron chi connectivity index (χ4n) is 3.28. The molecule has 1 saturated heterocycles. The van der Waals surface area contributed by atoms with Gasteiger partial charge in [0.1, 0.15) is 5.75 Å². The molecule has 4 rings (SSSR count). The van der Waals surface area contributed by atoms with Crippen molar-refractivity contribution in [2.24, 2.45) is 0 Å². The van der Waals surface area contributed by atoms with Gasteiger partial charge >= 0.3 is 0 Å². The molecule has 8 heteroatoms. The minimum atomic E-state index is -3.28. The number of anilines is 2. The highest BCUT2D eigenvalue weighted by Gasteiger charge is 2.28. The number of ether oxygens (including phenoxy) is 1. The lowest BCUT2D eigenvalue weighted by molar-refractivity contribution is -0.118. The van der Waals surface area contributed by atoms with Crippen LogP contribution in [0.1, 0.15) is 6.42 Å². The van der Waals surface area contributed by atoms with Gasteiger partial charge in [-0.15, -0.1) is 0 Å². The van der Waals surface area contributed by atoms with Gasteiger partial charge in [-0.2, -0.15) is 0 Å². The van der Waals surface area contributed by atoms with Gasteiger partial charge in [0.25, 0.3) is 5.91 Å². The summed E-state index contributed by atoms with van der Waals surface area (Å²) in [6.45, 7) is 0.265. The Morgan fingerprint density at radius 3 is 2.59 bits per heavy atom. The maximum absolute atomic E-state index is 12.2. The molecule has 0 aliphatic carbocycles. The van der Waals surface area contributed by atoms with Gasteiger partial charge in [0.05, 0.1) is 22.2 Å². The molecule has 1 amide bonds. The summed E-state index contributed by atoms with van der Waals surface area (Å²) in [7, 11) is -3.28. The Bertz CT molecular complexity index is 1180. The Balaban J connectivity index is 1.40. The lowest BCUT2D eigenvalue weighted by Gasteiger charge is -2.18. The van der Waals surface area contributed by atoms with Crippen LogP contribution in [0.15, 0.2) is 60.7 Å². The minimum Gasteiger partial charge on any atom is -0.484 e. The summed E-state index contributed by atoms with van der Waals surface area (Å²) < 4.78 is 31.0. The van der Waals surface area contributed by atoms with Gasteiger partial charge in [-0.1, -0.05) is 41.9 Å². The van der Waals surface area contributed by atoms with Crippen LogP contribution in [-0.4, -0.2) is 33.2 Å². The lowest BCUT2D eigenvalue weighted by Crippen LogP contribution is -2.25. The van der Waals surface area contributed by atoms with Crippen molar-refractivity contribution in [2.75, 3.05) is 28.5 Å². The van der Waals surface area contributed by atoms with Crippen molar-refractivity contribution >= 4 is 49.7 Å². The molecule has 1 fully saturated rings. The molecule has 1 aliphatic rings. The average molecular weight is 431 g/mol. The number of sulfonamides is 1. The van der Waals surface area contributed by atoms with E-state index in [-0.39, 0.29) is 23.3 Å². The summed E-state index contributed by atoms with van der Waals surface area (Å²) in [5, 5.41) is 5.08. The van der Waals surface area contributed by atoms with E-state index in [4.69, 9.17) is 16.3 Å². The summed E-state index contributed by atoms with van der Waals surface area (Å²) in [4.78, 5) is 12.2. The highest BCUT2D eigenvalue weighted by Crippen LogP contribution is 2.31. The van der Waals surface area contributed by atoms with Crippen LogP contribution < -0.4 is 14.4 Å². The Labute approximate surface area is 174 Å². The SMILES string of the molecule is O=C(COc1ccc2ccccc2c1)Nc1ccc(N2CCCS2(=O)=O)cc1Cl. The van der Waals surface area contributed by atoms with Gasteiger partial charge in [-0.05, 0) is 47.5 Å². The monoisotopic (exact) mass is 430 g/mol. The summed E-state index contributed by atoms with van der Waals surface area (Å²) in [5.41, 5.74) is 0.900. The fourth-order valence-corrected chi connectivity index (χ4v) is 5.06. The molecular formula is C21H19ClN2O4S. The zero-order chi connectivity index (χ0) is 20.4. The first kappa shape index (κ1) is 19.5.